The van der Waals surface area contributed by atoms with E-state index in [1.807, 2.05) is 26.0 Å². The van der Waals surface area contributed by atoms with Crippen molar-refractivity contribution < 1.29 is 15.0 Å². The largest absolute Gasteiger partial charge is 0.548 e. The summed E-state index contributed by atoms with van der Waals surface area (Å²) in [6.45, 7) is 3.98. The zero-order valence-corrected chi connectivity index (χ0v) is 14.4. The summed E-state index contributed by atoms with van der Waals surface area (Å²) in [6.07, 6.45) is 2.25. The predicted octanol–water partition coefficient (Wildman–Crippen LogP) is 2.68. The van der Waals surface area contributed by atoms with Crippen molar-refractivity contribution >= 4 is 11.7 Å². The van der Waals surface area contributed by atoms with Gasteiger partial charge in [0, 0.05) is 11.3 Å². The van der Waals surface area contributed by atoms with E-state index in [9.17, 15) is 15.0 Å². The molecule has 0 amide bonds. The Bertz CT molecular complexity index is 792. The van der Waals surface area contributed by atoms with E-state index in [4.69, 9.17) is 5.26 Å². The number of carboxylic acid groups (broad SMARTS) is 1. The van der Waals surface area contributed by atoms with Crippen LogP contribution in [0.2, 0.25) is 0 Å². The Labute approximate surface area is 147 Å². The minimum atomic E-state index is -1.32. The molecule has 0 aliphatic heterocycles. The van der Waals surface area contributed by atoms with Gasteiger partial charge in [0.15, 0.2) is 0 Å². The number of phenols is 1. The van der Waals surface area contributed by atoms with E-state index in [1.165, 1.54) is 0 Å². The Morgan fingerprint density at radius 2 is 1.96 bits per heavy atom. The van der Waals surface area contributed by atoms with Gasteiger partial charge in [-0.2, -0.15) is 5.26 Å². The van der Waals surface area contributed by atoms with Crippen molar-refractivity contribution in [2.75, 3.05) is 5.32 Å². The maximum Gasteiger partial charge on any atom is 0.124 e. The van der Waals surface area contributed by atoms with Crippen LogP contribution in [0.1, 0.15) is 48.6 Å². The maximum atomic E-state index is 11.7. The van der Waals surface area contributed by atoms with E-state index in [1.54, 1.807) is 30.3 Å². The van der Waals surface area contributed by atoms with Crippen LogP contribution in [0.25, 0.3) is 0 Å². The van der Waals surface area contributed by atoms with Crippen molar-refractivity contribution in [3.8, 4) is 11.8 Å². The smallest absolute Gasteiger partial charge is 0.124 e. The zero-order chi connectivity index (χ0) is 18.4. The van der Waals surface area contributed by atoms with Crippen molar-refractivity contribution in [1.29, 1.82) is 5.26 Å². The van der Waals surface area contributed by atoms with Gasteiger partial charge in [0.1, 0.15) is 5.75 Å². The van der Waals surface area contributed by atoms with Gasteiger partial charge in [-0.15, -0.1) is 0 Å². The molecule has 0 aliphatic rings. The van der Waals surface area contributed by atoms with E-state index in [2.05, 4.69) is 5.32 Å². The van der Waals surface area contributed by atoms with Crippen LogP contribution in [0.4, 0.5) is 5.69 Å². The summed E-state index contributed by atoms with van der Waals surface area (Å²) in [5, 5.41) is 34.0. The van der Waals surface area contributed by atoms with Gasteiger partial charge in [0.25, 0.3) is 0 Å². The number of nitrogens with zero attached hydrogens (tertiary/aromatic N) is 1. The number of hydrogen-bond donors (Lipinski definition) is 2. The average Bonchev–Trinajstić information content (AvgIpc) is 2.62. The van der Waals surface area contributed by atoms with E-state index in [0.29, 0.717) is 23.2 Å². The lowest BCUT2D eigenvalue weighted by Gasteiger charge is -2.24. The summed E-state index contributed by atoms with van der Waals surface area (Å²) < 4.78 is 0. The molecule has 0 saturated carbocycles. The lowest BCUT2D eigenvalue weighted by atomic mass is 9.95. The van der Waals surface area contributed by atoms with Crippen LogP contribution in [-0.2, 0) is 17.6 Å². The van der Waals surface area contributed by atoms with Crippen LogP contribution in [0.3, 0.4) is 0 Å². The number of carboxylic acids is 1. The maximum absolute atomic E-state index is 11.7. The highest BCUT2D eigenvalue weighted by Gasteiger charge is 2.20. The summed E-state index contributed by atoms with van der Waals surface area (Å²) in [5.41, 5.74) is 3.02. The number of anilines is 1. The van der Waals surface area contributed by atoms with E-state index in [-0.39, 0.29) is 5.75 Å². The number of phenolic OH excluding ortho intramolecular Hbond substituents is 1. The third-order valence-electron chi connectivity index (χ3n) is 4.08. The van der Waals surface area contributed by atoms with E-state index in [0.717, 1.165) is 24.0 Å². The number of hydrogen-bond acceptors (Lipinski definition) is 5. The number of rotatable bonds is 7. The van der Waals surface area contributed by atoms with E-state index >= 15 is 0 Å². The molecule has 0 radical (unpaired) electrons. The molecule has 0 saturated heterocycles. The number of carbonyl (C=O) groups is 1. The predicted molar refractivity (Wildman–Crippen MR) is 94.0 cm³/mol. The summed E-state index contributed by atoms with van der Waals surface area (Å²) in [7, 11) is 0. The molecule has 2 rings (SSSR count). The normalized spacial score (nSPS) is 11.6. The summed E-state index contributed by atoms with van der Waals surface area (Å²) in [4.78, 5) is 11.7. The average molecular weight is 337 g/mol. The molecule has 130 valence electrons. The topological polar surface area (TPSA) is 96.2 Å². The molecule has 0 fully saturated rings. The van der Waals surface area contributed by atoms with Crippen molar-refractivity contribution in [3.63, 3.8) is 0 Å². The standard InChI is InChI=1S/C20H22N2O3/c1-3-5-15-10-13(4-2)11-17(19(15)23)18(20(24)25)22-16-8-6-14(12-21)7-9-16/h6-11,18,22-23H,3-5H2,1-2H3,(H,24,25)/p-1. The van der Waals surface area contributed by atoms with E-state index < -0.39 is 12.0 Å². The van der Waals surface area contributed by atoms with Crippen molar-refractivity contribution in [3.05, 3.63) is 58.7 Å². The first-order valence-electron chi connectivity index (χ1n) is 8.32. The number of aromatic hydroxyl groups is 1. The molecule has 0 heterocycles. The number of aryl methyl sites for hydroxylation is 2. The number of aliphatic carboxylic acids is 1. The lowest BCUT2D eigenvalue weighted by Crippen LogP contribution is -2.34. The first-order chi connectivity index (χ1) is 12.0. The SMILES string of the molecule is CCCc1cc(CC)cc(C(Nc2ccc(C#N)cc2)C(=O)[O-])c1O. The molecular formula is C20H21N2O3-. The molecule has 25 heavy (non-hydrogen) atoms. The van der Waals surface area contributed by atoms with Gasteiger partial charge in [-0.25, -0.2) is 0 Å². The molecule has 2 aromatic carbocycles. The number of nitrogens with one attached hydrogen (secondary N) is 1. The quantitative estimate of drug-likeness (QED) is 0.810. The molecule has 0 bridgehead atoms. The fourth-order valence-corrected chi connectivity index (χ4v) is 2.74. The van der Waals surface area contributed by atoms with Crippen molar-refractivity contribution in [2.24, 2.45) is 0 Å². The first-order valence-corrected chi connectivity index (χ1v) is 8.32. The molecule has 0 aromatic heterocycles. The number of nitriles is 1. The van der Waals surface area contributed by atoms with Crippen LogP contribution >= 0.6 is 0 Å². The van der Waals surface area contributed by atoms with Crippen LogP contribution < -0.4 is 10.4 Å². The highest BCUT2D eigenvalue weighted by molar-refractivity contribution is 5.79. The Kier molecular flexibility index (Phi) is 6.02. The van der Waals surface area contributed by atoms with Crippen LogP contribution in [0, 0.1) is 11.3 Å². The van der Waals surface area contributed by atoms with Crippen LogP contribution in [0.15, 0.2) is 36.4 Å². The summed E-state index contributed by atoms with van der Waals surface area (Å²) >= 11 is 0. The zero-order valence-electron chi connectivity index (χ0n) is 14.4. The second-order valence-electron chi connectivity index (χ2n) is 5.88. The minimum absolute atomic E-state index is 0.00519. The van der Waals surface area contributed by atoms with Gasteiger partial charge in [-0.3, -0.25) is 0 Å². The number of benzene rings is 2. The third kappa shape index (κ3) is 4.30. The molecule has 0 aliphatic carbocycles. The first kappa shape index (κ1) is 18.3. The van der Waals surface area contributed by atoms with Gasteiger partial charge >= 0.3 is 0 Å². The summed E-state index contributed by atoms with van der Waals surface area (Å²) in [6, 6.07) is 10.9. The number of carbonyl (C=O) groups excluding carboxylic acids is 1. The third-order valence-corrected chi connectivity index (χ3v) is 4.08. The van der Waals surface area contributed by atoms with Crippen molar-refractivity contribution in [1.82, 2.24) is 0 Å². The van der Waals surface area contributed by atoms with Crippen molar-refractivity contribution in [2.45, 2.75) is 39.2 Å². The molecular weight excluding hydrogens is 316 g/mol. The van der Waals surface area contributed by atoms with Gasteiger partial charge in [-0.05, 0) is 54.3 Å². The molecule has 5 nitrogen and oxygen atoms in total. The second-order valence-corrected chi connectivity index (χ2v) is 5.88. The minimum Gasteiger partial charge on any atom is -0.548 e. The monoisotopic (exact) mass is 337 g/mol. The highest BCUT2D eigenvalue weighted by Crippen LogP contribution is 2.32. The Hall–Kier alpha value is -3.00. The van der Waals surface area contributed by atoms with Crippen LogP contribution in [0.5, 0.6) is 5.75 Å². The summed E-state index contributed by atoms with van der Waals surface area (Å²) in [5.74, 6) is -1.33. The Morgan fingerprint density at radius 3 is 2.48 bits per heavy atom. The Balaban J connectivity index is 2.43. The molecule has 0 spiro atoms. The molecule has 1 unspecified atom stereocenters. The fraction of sp³-hybridized carbons (Fsp3) is 0.300. The Morgan fingerprint density at radius 1 is 1.28 bits per heavy atom. The molecule has 2 aromatic rings. The second kappa shape index (κ2) is 8.20. The van der Waals surface area contributed by atoms with Gasteiger partial charge in [0.2, 0.25) is 0 Å². The highest BCUT2D eigenvalue weighted by atomic mass is 16.4. The molecule has 2 N–H and O–H groups in total. The molecule has 5 heteroatoms. The molecule has 1 atom stereocenters. The van der Waals surface area contributed by atoms with Crippen LogP contribution in [-0.4, -0.2) is 11.1 Å². The lowest BCUT2D eigenvalue weighted by molar-refractivity contribution is -0.307. The van der Waals surface area contributed by atoms with Gasteiger partial charge in [-0.1, -0.05) is 26.3 Å². The fourth-order valence-electron chi connectivity index (χ4n) is 2.74. The van der Waals surface area contributed by atoms with Gasteiger partial charge in [0.05, 0.1) is 23.6 Å². The van der Waals surface area contributed by atoms with Gasteiger partial charge < -0.3 is 20.3 Å².